The summed E-state index contributed by atoms with van der Waals surface area (Å²) in [4.78, 5) is 38.6. The lowest BCUT2D eigenvalue weighted by atomic mass is 10.0. The number of amides is 1. The highest BCUT2D eigenvalue weighted by molar-refractivity contribution is 7.15. The van der Waals surface area contributed by atoms with E-state index < -0.39 is 11.9 Å². The van der Waals surface area contributed by atoms with Crippen LogP contribution in [0, 0.1) is 0 Å². The van der Waals surface area contributed by atoms with Crippen molar-refractivity contribution in [3.8, 4) is 16.9 Å². The van der Waals surface area contributed by atoms with Crippen LogP contribution in [0.4, 0.5) is 5.00 Å². The number of furan rings is 1. The highest BCUT2D eigenvalue weighted by atomic mass is 32.1. The lowest BCUT2D eigenvalue weighted by Crippen LogP contribution is -2.14. The topological polar surface area (TPSA) is 108 Å². The zero-order valence-corrected chi connectivity index (χ0v) is 19.6. The van der Waals surface area contributed by atoms with Crippen molar-refractivity contribution < 1.29 is 27.9 Å². The van der Waals surface area contributed by atoms with Gasteiger partial charge in [0, 0.05) is 17.0 Å². The van der Waals surface area contributed by atoms with Gasteiger partial charge in [0.1, 0.15) is 27.3 Å². The van der Waals surface area contributed by atoms with Gasteiger partial charge in [0.2, 0.25) is 5.43 Å². The molecule has 5 aromatic rings. The summed E-state index contributed by atoms with van der Waals surface area (Å²) in [6, 6.07) is 15.3. The highest BCUT2D eigenvalue weighted by Crippen LogP contribution is 2.37. The zero-order chi connectivity index (χ0) is 24.5. The minimum atomic E-state index is -0.631. The molecular weight excluding hydrogens is 470 g/mol. The second kappa shape index (κ2) is 9.11. The van der Waals surface area contributed by atoms with Crippen molar-refractivity contribution in [2.75, 3.05) is 19.0 Å². The first-order valence-corrected chi connectivity index (χ1v) is 11.6. The van der Waals surface area contributed by atoms with Gasteiger partial charge in [-0.1, -0.05) is 24.3 Å². The smallest absolute Gasteiger partial charge is 0.341 e. The van der Waals surface area contributed by atoms with Crippen molar-refractivity contribution in [3.63, 3.8) is 0 Å². The number of hydrogen-bond acceptors (Lipinski definition) is 8. The minimum Gasteiger partial charge on any atom is -0.497 e. The third-order valence-electron chi connectivity index (χ3n) is 5.40. The molecule has 5 rings (SSSR count). The number of ether oxygens (including phenoxy) is 2. The van der Waals surface area contributed by atoms with Gasteiger partial charge < -0.3 is 23.6 Å². The molecule has 2 aromatic carbocycles. The Balaban J connectivity index is 1.52. The Morgan fingerprint density at radius 2 is 1.80 bits per heavy atom. The molecule has 0 aliphatic rings. The number of thiophene rings is 1. The van der Waals surface area contributed by atoms with Crippen LogP contribution in [0.2, 0.25) is 0 Å². The quantitative estimate of drug-likeness (QED) is 0.305. The SMILES string of the molecule is CCOC(=O)c1c(-c2ccc(OC)cc2)csc1NC(=O)c1cc2c(=O)c3ccccc3oc2o1. The van der Waals surface area contributed by atoms with Crippen molar-refractivity contribution in [2.45, 2.75) is 6.92 Å². The molecule has 1 N–H and O–H groups in total. The molecule has 0 bridgehead atoms. The van der Waals surface area contributed by atoms with E-state index >= 15 is 0 Å². The molecule has 0 fully saturated rings. The maximum absolute atomic E-state index is 13.0. The Hall–Kier alpha value is -4.37. The number of carbonyl (C=O) groups excluding carboxylic acids is 2. The molecule has 3 heterocycles. The van der Waals surface area contributed by atoms with E-state index in [4.69, 9.17) is 18.3 Å². The summed E-state index contributed by atoms with van der Waals surface area (Å²) < 4.78 is 21.6. The molecule has 0 saturated carbocycles. The van der Waals surface area contributed by atoms with Crippen molar-refractivity contribution in [3.05, 3.63) is 81.5 Å². The Morgan fingerprint density at radius 1 is 1.03 bits per heavy atom. The summed E-state index contributed by atoms with van der Waals surface area (Å²) in [6.45, 7) is 1.88. The van der Waals surface area contributed by atoms with Gasteiger partial charge in [-0.3, -0.25) is 9.59 Å². The van der Waals surface area contributed by atoms with E-state index in [1.165, 1.54) is 17.4 Å². The summed E-state index contributed by atoms with van der Waals surface area (Å²) in [6.07, 6.45) is 0. The average molecular weight is 490 g/mol. The monoisotopic (exact) mass is 489 g/mol. The largest absolute Gasteiger partial charge is 0.497 e. The van der Waals surface area contributed by atoms with Crippen molar-refractivity contribution >= 4 is 50.3 Å². The van der Waals surface area contributed by atoms with E-state index in [1.807, 2.05) is 12.1 Å². The first kappa shape index (κ1) is 22.4. The molecule has 3 aromatic heterocycles. The van der Waals surface area contributed by atoms with Gasteiger partial charge in [-0.05, 0) is 36.8 Å². The predicted octanol–water partition coefficient (Wildman–Crippen LogP) is 5.71. The number of para-hydroxylation sites is 1. The Kier molecular flexibility index (Phi) is 5.84. The molecule has 0 spiro atoms. The number of benzene rings is 2. The van der Waals surface area contributed by atoms with Gasteiger partial charge in [-0.15, -0.1) is 11.3 Å². The van der Waals surface area contributed by atoms with Crippen LogP contribution in [-0.2, 0) is 4.74 Å². The van der Waals surface area contributed by atoms with Crippen LogP contribution in [0.1, 0.15) is 27.8 Å². The third-order valence-corrected chi connectivity index (χ3v) is 6.29. The molecule has 0 atom stereocenters. The van der Waals surface area contributed by atoms with Crippen molar-refractivity contribution in [1.29, 1.82) is 0 Å². The molecule has 35 heavy (non-hydrogen) atoms. The predicted molar refractivity (Wildman–Crippen MR) is 132 cm³/mol. The maximum atomic E-state index is 13.0. The number of esters is 1. The summed E-state index contributed by atoms with van der Waals surface area (Å²) in [5.41, 5.74) is 1.66. The van der Waals surface area contributed by atoms with Gasteiger partial charge in [-0.2, -0.15) is 0 Å². The summed E-state index contributed by atoms with van der Waals surface area (Å²) >= 11 is 1.18. The fourth-order valence-electron chi connectivity index (χ4n) is 3.71. The number of methoxy groups -OCH3 is 1. The summed E-state index contributed by atoms with van der Waals surface area (Å²) in [7, 11) is 1.57. The molecule has 0 aliphatic heterocycles. The van der Waals surface area contributed by atoms with Crippen LogP contribution in [-0.4, -0.2) is 25.6 Å². The number of rotatable bonds is 6. The van der Waals surface area contributed by atoms with Gasteiger partial charge in [0.05, 0.1) is 19.1 Å². The van der Waals surface area contributed by atoms with Crippen LogP contribution >= 0.6 is 11.3 Å². The van der Waals surface area contributed by atoms with Crippen LogP contribution < -0.4 is 15.5 Å². The second-order valence-corrected chi connectivity index (χ2v) is 8.38. The van der Waals surface area contributed by atoms with E-state index in [2.05, 4.69) is 5.32 Å². The number of carbonyl (C=O) groups is 2. The van der Waals surface area contributed by atoms with Gasteiger partial charge in [0.15, 0.2) is 5.76 Å². The number of nitrogens with one attached hydrogen (secondary N) is 1. The number of hydrogen-bond donors (Lipinski definition) is 1. The van der Waals surface area contributed by atoms with E-state index in [9.17, 15) is 14.4 Å². The van der Waals surface area contributed by atoms with E-state index in [1.54, 1.807) is 55.8 Å². The first-order chi connectivity index (χ1) is 17.0. The molecule has 0 radical (unpaired) electrons. The van der Waals surface area contributed by atoms with Gasteiger partial charge >= 0.3 is 11.7 Å². The first-order valence-electron chi connectivity index (χ1n) is 10.7. The molecule has 0 aliphatic carbocycles. The van der Waals surface area contributed by atoms with Gasteiger partial charge in [0.25, 0.3) is 5.91 Å². The molecule has 0 saturated heterocycles. The zero-order valence-electron chi connectivity index (χ0n) is 18.7. The Morgan fingerprint density at radius 3 is 2.54 bits per heavy atom. The second-order valence-electron chi connectivity index (χ2n) is 7.50. The molecule has 8 nitrogen and oxygen atoms in total. The standard InChI is InChI=1S/C26H19NO7S/c1-3-32-25(30)21-18(14-8-10-15(31-2)11-9-14)13-35-24(21)27-23(29)20-12-17-22(28)16-6-4-5-7-19(16)33-26(17)34-20/h4-13H,3H2,1-2H3,(H,27,29). The lowest BCUT2D eigenvalue weighted by molar-refractivity contribution is 0.0529. The highest BCUT2D eigenvalue weighted by Gasteiger charge is 2.25. The average Bonchev–Trinajstić information content (AvgIpc) is 3.49. The van der Waals surface area contributed by atoms with Crippen molar-refractivity contribution in [1.82, 2.24) is 0 Å². The van der Waals surface area contributed by atoms with Crippen LogP contribution in [0.15, 0.2) is 73.6 Å². The van der Waals surface area contributed by atoms with Crippen LogP contribution in [0.3, 0.4) is 0 Å². The fraction of sp³-hybridized carbons (Fsp3) is 0.115. The fourth-order valence-corrected chi connectivity index (χ4v) is 4.66. The van der Waals surface area contributed by atoms with E-state index in [0.29, 0.717) is 27.3 Å². The van der Waals surface area contributed by atoms with Crippen LogP contribution in [0.5, 0.6) is 5.75 Å². The summed E-state index contributed by atoms with van der Waals surface area (Å²) in [5, 5.41) is 5.32. The molecule has 0 unspecified atom stereocenters. The molecular formula is C26H19NO7S. The molecule has 9 heteroatoms. The maximum Gasteiger partial charge on any atom is 0.341 e. The molecule has 1 amide bonds. The Labute approximate surface area is 202 Å². The summed E-state index contributed by atoms with van der Waals surface area (Å²) in [5.74, 6) is -0.688. The number of anilines is 1. The van der Waals surface area contributed by atoms with Gasteiger partial charge in [-0.25, -0.2) is 4.79 Å². The van der Waals surface area contributed by atoms with E-state index in [0.717, 1.165) is 5.56 Å². The minimum absolute atomic E-state index is 0.0467. The number of fused-ring (bicyclic) bond motifs is 2. The van der Waals surface area contributed by atoms with E-state index in [-0.39, 0.29) is 34.5 Å². The van der Waals surface area contributed by atoms with Crippen molar-refractivity contribution in [2.24, 2.45) is 0 Å². The van der Waals surface area contributed by atoms with Crippen LogP contribution in [0.25, 0.3) is 33.3 Å². The molecule has 176 valence electrons. The normalized spacial score (nSPS) is 11.0. The Bertz CT molecular complexity index is 1630. The lowest BCUT2D eigenvalue weighted by Gasteiger charge is -2.08. The third kappa shape index (κ3) is 4.06.